The van der Waals surface area contributed by atoms with Gasteiger partial charge in [0.05, 0.1) is 20.4 Å². The van der Waals surface area contributed by atoms with Crippen LogP contribution in [0.15, 0.2) is 47.3 Å². The van der Waals surface area contributed by atoms with E-state index >= 15 is 0 Å². The number of pyridine rings is 1. The van der Waals surface area contributed by atoms with Gasteiger partial charge in [-0.05, 0) is 28.1 Å². The van der Waals surface area contributed by atoms with E-state index in [1.165, 1.54) is 12.3 Å². The zero-order chi connectivity index (χ0) is 13.4. The van der Waals surface area contributed by atoms with Crippen molar-refractivity contribution < 1.29 is 4.92 Å². The first-order valence-electron chi connectivity index (χ1n) is 5.39. The van der Waals surface area contributed by atoms with Crippen molar-refractivity contribution in [2.45, 2.75) is 0 Å². The van der Waals surface area contributed by atoms with Crippen LogP contribution in [-0.4, -0.2) is 19.5 Å². The molecule has 19 heavy (non-hydrogen) atoms. The van der Waals surface area contributed by atoms with E-state index in [4.69, 9.17) is 0 Å². The fourth-order valence-electron chi connectivity index (χ4n) is 1.83. The second-order valence-corrected chi connectivity index (χ2v) is 4.71. The summed E-state index contributed by atoms with van der Waals surface area (Å²) in [4.78, 5) is 18.6. The first-order valence-corrected chi connectivity index (χ1v) is 6.18. The standard InChI is InChI=1S/C12H7BrN4O2/c13-9-5-8(17(18)19)6-14-12(9)16-7-15-10-3-1-2-4-11(10)16/h1-7H. The fourth-order valence-corrected chi connectivity index (χ4v) is 2.35. The predicted molar refractivity (Wildman–Crippen MR) is 73.2 cm³/mol. The Morgan fingerprint density at radius 2 is 2.05 bits per heavy atom. The van der Waals surface area contributed by atoms with Crippen LogP contribution in [0.1, 0.15) is 0 Å². The molecule has 2 aromatic heterocycles. The lowest BCUT2D eigenvalue weighted by atomic mass is 10.3. The molecule has 0 saturated carbocycles. The van der Waals surface area contributed by atoms with Crippen LogP contribution in [0.25, 0.3) is 16.9 Å². The van der Waals surface area contributed by atoms with Gasteiger partial charge in [0.2, 0.25) is 0 Å². The molecule has 0 aliphatic rings. The largest absolute Gasteiger partial charge is 0.288 e. The number of nitro groups is 1. The zero-order valence-corrected chi connectivity index (χ0v) is 11.1. The van der Waals surface area contributed by atoms with Crippen molar-refractivity contribution >= 4 is 32.7 Å². The lowest BCUT2D eigenvalue weighted by Gasteiger charge is -2.05. The summed E-state index contributed by atoms with van der Waals surface area (Å²) in [6.07, 6.45) is 2.87. The molecule has 0 bridgehead atoms. The van der Waals surface area contributed by atoms with Crippen molar-refractivity contribution in [3.05, 3.63) is 57.4 Å². The summed E-state index contributed by atoms with van der Waals surface area (Å²) in [6, 6.07) is 9.04. The maximum absolute atomic E-state index is 10.7. The molecule has 6 nitrogen and oxygen atoms in total. The van der Waals surface area contributed by atoms with Crippen LogP contribution in [0.5, 0.6) is 0 Å². The molecule has 0 spiro atoms. The van der Waals surface area contributed by atoms with Crippen LogP contribution in [0.4, 0.5) is 5.69 Å². The van der Waals surface area contributed by atoms with Gasteiger partial charge in [0.25, 0.3) is 5.69 Å². The highest BCUT2D eigenvalue weighted by atomic mass is 79.9. The summed E-state index contributed by atoms with van der Waals surface area (Å²) in [5.41, 5.74) is 1.68. The minimum Gasteiger partial charge on any atom is -0.282 e. The Balaban J connectivity index is 2.19. The second-order valence-electron chi connectivity index (χ2n) is 3.86. The third kappa shape index (κ3) is 1.97. The van der Waals surface area contributed by atoms with Gasteiger partial charge in [0.1, 0.15) is 12.5 Å². The molecule has 0 amide bonds. The number of benzene rings is 1. The minimum absolute atomic E-state index is 0.0555. The van der Waals surface area contributed by atoms with Gasteiger partial charge in [0, 0.05) is 6.07 Å². The molecule has 2 heterocycles. The molecule has 1 aromatic carbocycles. The highest BCUT2D eigenvalue weighted by molar-refractivity contribution is 9.10. The summed E-state index contributed by atoms with van der Waals surface area (Å²) >= 11 is 3.31. The lowest BCUT2D eigenvalue weighted by molar-refractivity contribution is -0.385. The number of hydrogen-bond donors (Lipinski definition) is 0. The minimum atomic E-state index is -0.479. The van der Waals surface area contributed by atoms with Crippen LogP contribution in [0, 0.1) is 10.1 Å². The second kappa shape index (κ2) is 4.43. The van der Waals surface area contributed by atoms with Crippen LogP contribution in [0.2, 0.25) is 0 Å². The highest BCUT2D eigenvalue weighted by Crippen LogP contribution is 2.26. The molecule has 3 rings (SSSR count). The van der Waals surface area contributed by atoms with E-state index in [-0.39, 0.29) is 5.69 Å². The number of fused-ring (bicyclic) bond motifs is 1. The van der Waals surface area contributed by atoms with Crippen LogP contribution in [0.3, 0.4) is 0 Å². The Morgan fingerprint density at radius 3 is 2.79 bits per heavy atom. The Morgan fingerprint density at radius 1 is 1.26 bits per heavy atom. The third-order valence-electron chi connectivity index (χ3n) is 2.70. The van der Waals surface area contributed by atoms with Gasteiger partial charge in [-0.2, -0.15) is 0 Å². The zero-order valence-electron chi connectivity index (χ0n) is 9.52. The molecule has 7 heteroatoms. The quantitative estimate of drug-likeness (QED) is 0.537. The topological polar surface area (TPSA) is 73.8 Å². The van der Waals surface area contributed by atoms with Crippen molar-refractivity contribution in [3.63, 3.8) is 0 Å². The average molecular weight is 319 g/mol. The van der Waals surface area contributed by atoms with Gasteiger partial charge >= 0.3 is 0 Å². The summed E-state index contributed by atoms with van der Waals surface area (Å²) in [7, 11) is 0. The van der Waals surface area contributed by atoms with Gasteiger partial charge < -0.3 is 0 Å². The molecule has 0 N–H and O–H groups in total. The van der Waals surface area contributed by atoms with Gasteiger partial charge in [-0.25, -0.2) is 9.97 Å². The number of imidazole rings is 1. The number of rotatable bonds is 2. The van der Waals surface area contributed by atoms with E-state index in [0.29, 0.717) is 10.3 Å². The molecule has 94 valence electrons. The third-order valence-corrected chi connectivity index (χ3v) is 3.28. The molecule has 0 fully saturated rings. The number of halogens is 1. The van der Waals surface area contributed by atoms with Crippen LogP contribution >= 0.6 is 15.9 Å². The molecule has 0 unspecified atom stereocenters. The maximum atomic E-state index is 10.7. The predicted octanol–water partition coefficient (Wildman–Crippen LogP) is 3.09. The van der Waals surface area contributed by atoms with Crippen molar-refractivity contribution in [2.24, 2.45) is 0 Å². The summed E-state index contributed by atoms with van der Waals surface area (Å²) in [6.45, 7) is 0. The Labute approximate surface area is 116 Å². The van der Waals surface area contributed by atoms with E-state index in [1.54, 1.807) is 10.9 Å². The first kappa shape index (κ1) is 11.8. The SMILES string of the molecule is O=[N+]([O-])c1cnc(-n2cnc3ccccc32)c(Br)c1. The highest BCUT2D eigenvalue weighted by Gasteiger charge is 2.13. The van der Waals surface area contributed by atoms with E-state index in [1.807, 2.05) is 24.3 Å². The number of para-hydroxylation sites is 2. The Bertz CT molecular complexity index is 784. The number of hydrogen-bond acceptors (Lipinski definition) is 4. The average Bonchev–Trinajstić information content (AvgIpc) is 2.82. The van der Waals surface area contributed by atoms with E-state index < -0.39 is 4.92 Å². The molecule has 0 aliphatic carbocycles. The van der Waals surface area contributed by atoms with E-state index in [0.717, 1.165) is 11.0 Å². The van der Waals surface area contributed by atoms with Gasteiger partial charge in [0.15, 0.2) is 5.82 Å². The van der Waals surface area contributed by atoms with Gasteiger partial charge in [-0.3, -0.25) is 14.7 Å². The van der Waals surface area contributed by atoms with Crippen molar-refractivity contribution in [1.82, 2.24) is 14.5 Å². The molecule has 0 saturated heterocycles. The van der Waals surface area contributed by atoms with Crippen molar-refractivity contribution in [2.75, 3.05) is 0 Å². The first-order chi connectivity index (χ1) is 9.16. The van der Waals surface area contributed by atoms with E-state index in [9.17, 15) is 10.1 Å². The van der Waals surface area contributed by atoms with Crippen molar-refractivity contribution in [3.8, 4) is 5.82 Å². The molecular weight excluding hydrogens is 312 g/mol. The summed E-state index contributed by atoms with van der Waals surface area (Å²) in [5, 5.41) is 10.7. The number of aromatic nitrogens is 3. The van der Waals surface area contributed by atoms with Crippen LogP contribution in [-0.2, 0) is 0 Å². The summed E-state index contributed by atoms with van der Waals surface area (Å²) < 4.78 is 2.33. The van der Waals surface area contributed by atoms with Gasteiger partial charge in [-0.15, -0.1) is 0 Å². The Hall–Kier alpha value is -2.28. The molecule has 0 radical (unpaired) electrons. The lowest BCUT2D eigenvalue weighted by Crippen LogP contribution is -1.98. The fraction of sp³-hybridized carbons (Fsp3) is 0. The maximum Gasteiger partial charge on any atom is 0.288 e. The smallest absolute Gasteiger partial charge is 0.282 e. The molecular formula is C12H7BrN4O2. The monoisotopic (exact) mass is 318 g/mol. The van der Waals surface area contributed by atoms with Crippen molar-refractivity contribution in [1.29, 1.82) is 0 Å². The van der Waals surface area contributed by atoms with Crippen LogP contribution < -0.4 is 0 Å². The Kier molecular flexibility index (Phi) is 2.75. The molecule has 0 atom stereocenters. The molecule has 3 aromatic rings. The normalized spacial score (nSPS) is 10.8. The van der Waals surface area contributed by atoms with E-state index in [2.05, 4.69) is 25.9 Å². The summed E-state index contributed by atoms with van der Waals surface area (Å²) in [5.74, 6) is 0.569. The molecule has 0 aliphatic heterocycles. The number of nitrogens with zero attached hydrogens (tertiary/aromatic N) is 4. The van der Waals surface area contributed by atoms with Gasteiger partial charge in [-0.1, -0.05) is 12.1 Å².